The van der Waals surface area contributed by atoms with Gasteiger partial charge in [-0.3, -0.25) is 0 Å². The predicted molar refractivity (Wildman–Crippen MR) is 112 cm³/mol. The maximum Gasteiger partial charge on any atom is 0.126 e. The Morgan fingerprint density at radius 2 is 1.27 bits per heavy atom. The van der Waals surface area contributed by atoms with Gasteiger partial charge in [-0.2, -0.15) is 0 Å². The highest BCUT2D eigenvalue weighted by molar-refractivity contribution is 6.26. The molecule has 0 aliphatic rings. The quantitative estimate of drug-likeness (QED) is 0.328. The van der Waals surface area contributed by atoms with Crippen LogP contribution in [0.3, 0.4) is 0 Å². The fraction of sp³-hybridized carbons (Fsp3) is 0.120. The summed E-state index contributed by atoms with van der Waals surface area (Å²) in [5, 5.41) is 7.65. The zero-order valence-electron chi connectivity index (χ0n) is 15.0. The first-order valence-electron chi connectivity index (χ1n) is 9.14. The Balaban J connectivity index is 1.89. The lowest BCUT2D eigenvalue weighted by Gasteiger charge is -2.16. The highest BCUT2D eigenvalue weighted by atomic mass is 16.5. The summed E-state index contributed by atoms with van der Waals surface area (Å²) in [5.74, 6) is 0.935. The van der Waals surface area contributed by atoms with Gasteiger partial charge in [0.1, 0.15) is 5.75 Å². The van der Waals surface area contributed by atoms with Crippen LogP contribution >= 0.6 is 0 Å². The van der Waals surface area contributed by atoms with Crippen molar-refractivity contribution in [3.8, 4) is 16.9 Å². The van der Waals surface area contributed by atoms with Crippen molar-refractivity contribution in [2.45, 2.75) is 13.3 Å². The number of methoxy groups -OCH3 is 1. The Bertz CT molecular complexity index is 1230. The van der Waals surface area contributed by atoms with E-state index in [2.05, 4.69) is 79.7 Å². The summed E-state index contributed by atoms with van der Waals surface area (Å²) in [6, 6.07) is 26.5. The van der Waals surface area contributed by atoms with Gasteiger partial charge in [-0.05, 0) is 56.8 Å². The number of benzene rings is 5. The van der Waals surface area contributed by atoms with Gasteiger partial charge in [-0.15, -0.1) is 0 Å². The van der Waals surface area contributed by atoms with E-state index in [4.69, 9.17) is 4.74 Å². The van der Waals surface area contributed by atoms with Gasteiger partial charge in [-0.1, -0.05) is 67.6 Å². The molecule has 0 spiro atoms. The number of hydrogen-bond acceptors (Lipinski definition) is 1. The first kappa shape index (κ1) is 15.2. The normalized spacial score (nSPS) is 11.6. The number of hydrogen-bond donors (Lipinski definition) is 0. The van der Waals surface area contributed by atoms with Crippen LogP contribution in [0, 0.1) is 0 Å². The molecule has 0 bridgehead atoms. The average Bonchev–Trinajstić information content (AvgIpc) is 2.71. The van der Waals surface area contributed by atoms with Crippen molar-refractivity contribution in [2.24, 2.45) is 0 Å². The number of rotatable bonds is 3. The molecule has 0 N–H and O–H groups in total. The van der Waals surface area contributed by atoms with Crippen LogP contribution in [0.2, 0.25) is 0 Å². The molecule has 0 aliphatic carbocycles. The first-order valence-corrected chi connectivity index (χ1v) is 9.14. The van der Waals surface area contributed by atoms with Crippen molar-refractivity contribution < 1.29 is 4.74 Å². The third-order valence-corrected chi connectivity index (χ3v) is 5.52. The third-order valence-electron chi connectivity index (χ3n) is 5.52. The molecule has 5 aromatic carbocycles. The first-order chi connectivity index (χ1) is 12.8. The van der Waals surface area contributed by atoms with Crippen LogP contribution in [0.15, 0.2) is 72.8 Å². The van der Waals surface area contributed by atoms with Crippen molar-refractivity contribution in [1.29, 1.82) is 0 Å². The van der Waals surface area contributed by atoms with Crippen LogP contribution < -0.4 is 4.74 Å². The van der Waals surface area contributed by atoms with E-state index in [9.17, 15) is 0 Å². The lowest BCUT2D eigenvalue weighted by molar-refractivity contribution is 0.420. The third kappa shape index (κ3) is 2.10. The van der Waals surface area contributed by atoms with Gasteiger partial charge >= 0.3 is 0 Å². The largest absolute Gasteiger partial charge is 0.496 e. The van der Waals surface area contributed by atoms with E-state index in [1.807, 2.05) is 0 Å². The summed E-state index contributed by atoms with van der Waals surface area (Å²) < 4.78 is 5.61. The van der Waals surface area contributed by atoms with E-state index in [1.165, 1.54) is 49.0 Å². The topological polar surface area (TPSA) is 9.23 Å². The molecule has 0 radical (unpaired) electrons. The highest BCUT2D eigenvalue weighted by Gasteiger charge is 2.14. The van der Waals surface area contributed by atoms with Crippen LogP contribution in [-0.2, 0) is 6.42 Å². The second-order valence-electron chi connectivity index (χ2n) is 6.85. The van der Waals surface area contributed by atoms with Crippen molar-refractivity contribution in [1.82, 2.24) is 0 Å². The Morgan fingerprint density at radius 3 is 1.96 bits per heavy atom. The summed E-state index contributed by atoms with van der Waals surface area (Å²) >= 11 is 0. The van der Waals surface area contributed by atoms with Crippen LogP contribution in [0.1, 0.15) is 12.5 Å². The molecule has 0 aliphatic heterocycles. The molecule has 0 unspecified atom stereocenters. The Kier molecular flexibility index (Phi) is 3.36. The minimum Gasteiger partial charge on any atom is -0.496 e. The lowest BCUT2D eigenvalue weighted by atomic mass is 9.89. The van der Waals surface area contributed by atoms with E-state index >= 15 is 0 Å². The summed E-state index contributed by atoms with van der Waals surface area (Å²) in [7, 11) is 1.74. The van der Waals surface area contributed by atoms with E-state index in [0.717, 1.165) is 12.2 Å². The van der Waals surface area contributed by atoms with E-state index in [1.54, 1.807) is 7.11 Å². The Morgan fingerprint density at radius 1 is 0.654 bits per heavy atom. The van der Waals surface area contributed by atoms with Crippen molar-refractivity contribution in [2.75, 3.05) is 7.11 Å². The van der Waals surface area contributed by atoms with Crippen LogP contribution in [0.25, 0.3) is 43.4 Å². The summed E-state index contributed by atoms with van der Waals surface area (Å²) in [6.07, 6.45) is 1.07. The summed E-state index contributed by atoms with van der Waals surface area (Å²) in [4.78, 5) is 0. The lowest BCUT2D eigenvalue weighted by Crippen LogP contribution is -1.90. The second kappa shape index (κ2) is 5.74. The molecule has 5 rings (SSSR count). The Labute approximate surface area is 153 Å². The van der Waals surface area contributed by atoms with Crippen molar-refractivity contribution >= 4 is 32.3 Å². The molecule has 0 saturated carbocycles. The van der Waals surface area contributed by atoms with Gasteiger partial charge in [0.05, 0.1) is 7.11 Å². The molecule has 0 saturated heterocycles. The molecule has 0 fully saturated rings. The van der Waals surface area contributed by atoms with Crippen molar-refractivity contribution in [3.05, 3.63) is 78.4 Å². The number of ether oxygens (including phenoxy) is 1. The van der Waals surface area contributed by atoms with E-state index in [-0.39, 0.29) is 0 Å². The van der Waals surface area contributed by atoms with E-state index < -0.39 is 0 Å². The van der Waals surface area contributed by atoms with Crippen LogP contribution in [0.4, 0.5) is 0 Å². The van der Waals surface area contributed by atoms with Gasteiger partial charge in [0.2, 0.25) is 0 Å². The smallest absolute Gasteiger partial charge is 0.126 e. The van der Waals surface area contributed by atoms with Gasteiger partial charge in [0.25, 0.3) is 0 Å². The molecule has 0 amide bonds. The maximum atomic E-state index is 5.61. The SMILES string of the molecule is CCc1ccc(-c2ccc3ccc4c(OC)ccc5ccc2c3c54)cc1. The van der Waals surface area contributed by atoms with Gasteiger partial charge in [0, 0.05) is 10.8 Å². The summed E-state index contributed by atoms with van der Waals surface area (Å²) in [5.41, 5.74) is 3.93. The zero-order chi connectivity index (χ0) is 17.7. The average molecular weight is 336 g/mol. The molecule has 0 heterocycles. The minimum atomic E-state index is 0.935. The number of aryl methyl sites for hydroxylation is 1. The fourth-order valence-electron chi connectivity index (χ4n) is 4.12. The molecular formula is C25H20O. The molecule has 26 heavy (non-hydrogen) atoms. The summed E-state index contributed by atoms with van der Waals surface area (Å²) in [6.45, 7) is 2.19. The highest BCUT2D eigenvalue weighted by Crippen LogP contribution is 2.41. The molecule has 0 atom stereocenters. The molecule has 126 valence electrons. The van der Waals surface area contributed by atoms with Crippen molar-refractivity contribution in [3.63, 3.8) is 0 Å². The van der Waals surface area contributed by atoms with Gasteiger partial charge in [-0.25, -0.2) is 0 Å². The Hall–Kier alpha value is -3.06. The van der Waals surface area contributed by atoms with Crippen LogP contribution in [0.5, 0.6) is 5.75 Å². The standard InChI is InChI=1S/C25H20O/c1-3-16-4-6-17(7-5-16)20-12-8-18-10-14-22-23(26-2)15-11-19-9-13-21(20)24(18)25(19)22/h4-15H,3H2,1-2H3. The predicted octanol–water partition coefficient (Wildman–Crippen LogP) is 6.82. The molecule has 1 heteroatoms. The van der Waals surface area contributed by atoms with Gasteiger partial charge < -0.3 is 4.74 Å². The molecule has 0 aromatic heterocycles. The van der Waals surface area contributed by atoms with E-state index in [0.29, 0.717) is 0 Å². The maximum absolute atomic E-state index is 5.61. The zero-order valence-corrected chi connectivity index (χ0v) is 15.0. The van der Waals surface area contributed by atoms with Crippen LogP contribution in [-0.4, -0.2) is 7.11 Å². The minimum absolute atomic E-state index is 0.935. The second-order valence-corrected chi connectivity index (χ2v) is 6.85. The molecule has 5 aromatic rings. The fourth-order valence-corrected chi connectivity index (χ4v) is 4.12. The van der Waals surface area contributed by atoms with Gasteiger partial charge in [0.15, 0.2) is 0 Å². The monoisotopic (exact) mass is 336 g/mol. The molecular weight excluding hydrogens is 316 g/mol. The molecule has 1 nitrogen and oxygen atoms in total.